The number of aryl methyl sites for hydroxylation is 1. The number of amides is 1. The van der Waals surface area contributed by atoms with Gasteiger partial charge in [-0.3, -0.25) is 4.79 Å². The van der Waals surface area contributed by atoms with E-state index in [1.54, 1.807) is 0 Å². The van der Waals surface area contributed by atoms with Crippen LogP contribution in [0.5, 0.6) is 0 Å². The van der Waals surface area contributed by atoms with Crippen LogP contribution in [0.4, 0.5) is 0 Å². The second kappa shape index (κ2) is 9.18. The summed E-state index contributed by atoms with van der Waals surface area (Å²) in [5, 5.41) is 3.40. The van der Waals surface area contributed by atoms with Crippen molar-refractivity contribution in [1.82, 2.24) is 10.2 Å². The van der Waals surface area contributed by atoms with Gasteiger partial charge in [-0.05, 0) is 60.8 Å². The van der Waals surface area contributed by atoms with E-state index >= 15 is 0 Å². The van der Waals surface area contributed by atoms with Crippen LogP contribution in [0.15, 0.2) is 54.6 Å². The summed E-state index contributed by atoms with van der Waals surface area (Å²) in [6.07, 6.45) is 4.39. The molecule has 27 heavy (non-hydrogen) atoms. The van der Waals surface area contributed by atoms with Gasteiger partial charge in [0.1, 0.15) is 0 Å². The summed E-state index contributed by atoms with van der Waals surface area (Å²) in [6.45, 7) is 8.60. The van der Waals surface area contributed by atoms with E-state index in [9.17, 15) is 4.79 Å². The topological polar surface area (TPSA) is 32.3 Å². The Bertz CT molecular complexity index is 714. The van der Waals surface area contributed by atoms with Crippen molar-refractivity contribution in [3.05, 3.63) is 71.3 Å². The molecule has 1 N–H and O–H groups in total. The molecule has 2 heterocycles. The molecule has 3 nitrogen and oxygen atoms in total. The van der Waals surface area contributed by atoms with Gasteiger partial charge in [0.2, 0.25) is 6.41 Å². The van der Waals surface area contributed by atoms with Gasteiger partial charge in [0.05, 0.1) is 0 Å². The molecular weight excluding hydrogens is 332 g/mol. The van der Waals surface area contributed by atoms with E-state index in [0.717, 1.165) is 44.8 Å². The van der Waals surface area contributed by atoms with E-state index in [4.69, 9.17) is 0 Å². The molecule has 2 fully saturated rings. The number of nitrogens with one attached hydrogen (secondary N) is 1. The highest BCUT2D eigenvalue weighted by Gasteiger charge is 2.30. The zero-order valence-corrected chi connectivity index (χ0v) is 16.7. The first-order valence-corrected chi connectivity index (χ1v) is 10.1. The molecule has 1 unspecified atom stereocenters. The van der Waals surface area contributed by atoms with Crippen LogP contribution in [-0.2, 0) is 10.2 Å². The molecular formula is C24H32N2O. The Balaban J connectivity index is 0.000000159. The van der Waals surface area contributed by atoms with E-state index < -0.39 is 0 Å². The summed E-state index contributed by atoms with van der Waals surface area (Å²) in [5.41, 5.74) is 4.62. The second-order valence-electron chi connectivity index (χ2n) is 8.11. The first-order chi connectivity index (χ1) is 13.1. The van der Waals surface area contributed by atoms with Crippen LogP contribution in [0.2, 0.25) is 0 Å². The third kappa shape index (κ3) is 4.98. The van der Waals surface area contributed by atoms with Crippen molar-refractivity contribution in [2.24, 2.45) is 0 Å². The molecule has 1 atom stereocenters. The molecule has 144 valence electrons. The predicted molar refractivity (Wildman–Crippen MR) is 112 cm³/mol. The summed E-state index contributed by atoms with van der Waals surface area (Å²) >= 11 is 0. The van der Waals surface area contributed by atoms with Gasteiger partial charge in [0, 0.05) is 19.6 Å². The summed E-state index contributed by atoms with van der Waals surface area (Å²) in [4.78, 5) is 12.5. The minimum Gasteiger partial charge on any atom is -0.345 e. The molecule has 2 aliphatic heterocycles. The molecule has 0 bridgehead atoms. The standard InChI is InChI=1S/C13H17NO.C11H15N/c1-13(12-5-3-2-4-6-12)7-9-14(11-15)10-8-13;1-9-4-2-3-5-11(9)10-6-7-12-8-10/h2-6,11H,7-10H2,1H3;2-5,10,12H,6-8H2,1H3. The fourth-order valence-electron chi connectivity index (χ4n) is 4.22. The lowest BCUT2D eigenvalue weighted by atomic mass is 9.75. The number of nitrogens with zero attached hydrogens (tertiary/aromatic N) is 1. The summed E-state index contributed by atoms with van der Waals surface area (Å²) < 4.78 is 0. The van der Waals surface area contributed by atoms with Crippen molar-refractivity contribution in [3.8, 4) is 0 Å². The zero-order chi connectivity index (χ0) is 19.1. The SMILES string of the molecule is CC1(c2ccccc2)CCN(C=O)CC1.Cc1ccccc1C1CCNC1. The van der Waals surface area contributed by atoms with Crippen LogP contribution < -0.4 is 5.32 Å². The van der Waals surface area contributed by atoms with Gasteiger partial charge < -0.3 is 10.2 Å². The van der Waals surface area contributed by atoms with E-state index in [2.05, 4.69) is 67.7 Å². The zero-order valence-electron chi connectivity index (χ0n) is 16.7. The number of benzene rings is 2. The summed E-state index contributed by atoms with van der Waals surface area (Å²) in [6, 6.07) is 19.3. The largest absolute Gasteiger partial charge is 0.345 e. The normalized spacial score (nSPS) is 21.3. The summed E-state index contributed by atoms with van der Waals surface area (Å²) in [5.74, 6) is 0.756. The van der Waals surface area contributed by atoms with Crippen molar-refractivity contribution < 1.29 is 4.79 Å². The van der Waals surface area contributed by atoms with E-state index in [-0.39, 0.29) is 5.41 Å². The predicted octanol–water partition coefficient (Wildman–Crippen LogP) is 4.27. The van der Waals surface area contributed by atoms with Gasteiger partial charge >= 0.3 is 0 Å². The minimum atomic E-state index is 0.251. The van der Waals surface area contributed by atoms with Crippen molar-refractivity contribution in [2.45, 2.75) is 44.4 Å². The number of hydrogen-bond donors (Lipinski definition) is 1. The lowest BCUT2D eigenvalue weighted by molar-refractivity contribution is -0.119. The molecule has 4 rings (SSSR count). The Kier molecular flexibility index (Phi) is 6.68. The quantitative estimate of drug-likeness (QED) is 0.825. The van der Waals surface area contributed by atoms with Gasteiger partial charge in [-0.2, -0.15) is 0 Å². The Labute approximate surface area is 163 Å². The Morgan fingerprint density at radius 3 is 2.30 bits per heavy atom. The number of likely N-dealkylation sites (tertiary alicyclic amines) is 1. The van der Waals surface area contributed by atoms with Crippen LogP contribution in [0.1, 0.15) is 48.8 Å². The maximum atomic E-state index is 10.6. The molecule has 2 aliphatic rings. The van der Waals surface area contributed by atoms with E-state index in [1.165, 1.54) is 29.7 Å². The van der Waals surface area contributed by atoms with Crippen molar-refractivity contribution in [2.75, 3.05) is 26.2 Å². The lowest BCUT2D eigenvalue weighted by Gasteiger charge is -2.38. The van der Waals surface area contributed by atoms with Crippen molar-refractivity contribution in [3.63, 3.8) is 0 Å². The molecule has 2 aromatic rings. The molecule has 0 radical (unpaired) electrons. The third-order valence-electron chi connectivity index (χ3n) is 6.21. The van der Waals surface area contributed by atoms with E-state index in [0.29, 0.717) is 0 Å². The molecule has 1 amide bonds. The number of rotatable bonds is 3. The molecule has 0 aromatic heterocycles. The van der Waals surface area contributed by atoms with Crippen LogP contribution >= 0.6 is 0 Å². The lowest BCUT2D eigenvalue weighted by Crippen LogP contribution is -2.40. The molecule has 2 aromatic carbocycles. The molecule has 0 spiro atoms. The average molecular weight is 365 g/mol. The highest BCUT2D eigenvalue weighted by atomic mass is 16.1. The molecule has 2 saturated heterocycles. The van der Waals surface area contributed by atoms with Gasteiger partial charge in [-0.1, -0.05) is 61.5 Å². The second-order valence-corrected chi connectivity index (χ2v) is 8.11. The summed E-state index contributed by atoms with van der Waals surface area (Å²) in [7, 11) is 0. The number of carbonyl (C=O) groups is 1. The fraction of sp³-hybridized carbons (Fsp3) is 0.458. The number of carbonyl (C=O) groups excluding carboxylic acids is 1. The van der Waals surface area contributed by atoms with Gasteiger partial charge in [-0.25, -0.2) is 0 Å². The van der Waals surface area contributed by atoms with E-state index in [1.807, 2.05) is 11.0 Å². The van der Waals surface area contributed by atoms with Crippen LogP contribution in [0.25, 0.3) is 0 Å². The number of piperidine rings is 1. The van der Waals surface area contributed by atoms with Gasteiger partial charge in [0.15, 0.2) is 0 Å². The third-order valence-corrected chi connectivity index (χ3v) is 6.21. The monoisotopic (exact) mass is 364 g/mol. The Morgan fingerprint density at radius 2 is 1.70 bits per heavy atom. The Hall–Kier alpha value is -2.13. The maximum Gasteiger partial charge on any atom is 0.209 e. The highest BCUT2D eigenvalue weighted by molar-refractivity contribution is 5.47. The van der Waals surface area contributed by atoms with Crippen LogP contribution in [0, 0.1) is 6.92 Å². The van der Waals surface area contributed by atoms with Gasteiger partial charge in [0.25, 0.3) is 0 Å². The van der Waals surface area contributed by atoms with Crippen LogP contribution in [-0.4, -0.2) is 37.5 Å². The average Bonchev–Trinajstić information content (AvgIpc) is 3.25. The Morgan fingerprint density at radius 1 is 1.04 bits per heavy atom. The maximum absolute atomic E-state index is 10.6. The van der Waals surface area contributed by atoms with Crippen molar-refractivity contribution >= 4 is 6.41 Å². The number of hydrogen-bond acceptors (Lipinski definition) is 2. The molecule has 0 aliphatic carbocycles. The minimum absolute atomic E-state index is 0.251. The van der Waals surface area contributed by atoms with Gasteiger partial charge in [-0.15, -0.1) is 0 Å². The van der Waals surface area contributed by atoms with Crippen molar-refractivity contribution in [1.29, 1.82) is 0 Å². The molecule has 0 saturated carbocycles. The van der Waals surface area contributed by atoms with Crippen LogP contribution in [0.3, 0.4) is 0 Å². The first kappa shape index (κ1) is 19.6. The molecule has 3 heteroatoms. The fourth-order valence-corrected chi connectivity index (χ4v) is 4.22. The highest BCUT2D eigenvalue weighted by Crippen LogP contribution is 2.34. The smallest absolute Gasteiger partial charge is 0.209 e. The first-order valence-electron chi connectivity index (χ1n) is 10.1.